The van der Waals surface area contributed by atoms with Crippen LogP contribution in [0.3, 0.4) is 0 Å². The van der Waals surface area contributed by atoms with Gasteiger partial charge in [0.25, 0.3) is 5.78 Å². The number of nitrogens with one attached hydrogen (secondary N) is 2. The monoisotopic (exact) mass is 276 g/mol. The SMILES string of the molecule is Cc1cc(NC(C)C(=O)NC(C)(C)C)n2ncnc2n1. The van der Waals surface area contributed by atoms with Crippen LogP contribution in [-0.2, 0) is 4.79 Å². The van der Waals surface area contributed by atoms with E-state index in [-0.39, 0.29) is 17.5 Å². The van der Waals surface area contributed by atoms with Crippen LogP contribution in [0.2, 0.25) is 0 Å². The Morgan fingerprint density at radius 2 is 2.10 bits per heavy atom. The van der Waals surface area contributed by atoms with Crippen LogP contribution >= 0.6 is 0 Å². The lowest BCUT2D eigenvalue weighted by molar-refractivity contribution is -0.122. The molecule has 7 heteroatoms. The van der Waals surface area contributed by atoms with Gasteiger partial charge in [0.2, 0.25) is 5.91 Å². The molecule has 0 aliphatic rings. The maximum atomic E-state index is 12.1. The largest absolute Gasteiger partial charge is 0.358 e. The molecule has 0 aliphatic heterocycles. The van der Waals surface area contributed by atoms with Crippen molar-refractivity contribution in [3.05, 3.63) is 18.1 Å². The predicted molar refractivity (Wildman–Crippen MR) is 76.5 cm³/mol. The van der Waals surface area contributed by atoms with Gasteiger partial charge in [-0.1, -0.05) is 0 Å². The number of nitrogens with zero attached hydrogens (tertiary/aromatic N) is 4. The molecule has 2 rings (SSSR count). The molecule has 0 aromatic carbocycles. The second-order valence-electron chi connectivity index (χ2n) is 5.86. The van der Waals surface area contributed by atoms with Crippen LogP contribution in [0.15, 0.2) is 12.4 Å². The summed E-state index contributed by atoms with van der Waals surface area (Å²) in [6, 6.07) is 1.45. The Morgan fingerprint density at radius 1 is 1.40 bits per heavy atom. The molecular weight excluding hydrogens is 256 g/mol. The summed E-state index contributed by atoms with van der Waals surface area (Å²) in [6.45, 7) is 9.52. The zero-order valence-electron chi connectivity index (χ0n) is 12.4. The first-order valence-electron chi connectivity index (χ1n) is 6.52. The summed E-state index contributed by atoms with van der Waals surface area (Å²) >= 11 is 0. The number of carbonyl (C=O) groups excluding carboxylic acids is 1. The average Bonchev–Trinajstić information content (AvgIpc) is 2.74. The summed E-state index contributed by atoms with van der Waals surface area (Å²) in [4.78, 5) is 20.4. The minimum Gasteiger partial charge on any atom is -0.358 e. The van der Waals surface area contributed by atoms with E-state index >= 15 is 0 Å². The molecule has 2 N–H and O–H groups in total. The van der Waals surface area contributed by atoms with Gasteiger partial charge in [0.15, 0.2) is 0 Å². The van der Waals surface area contributed by atoms with E-state index < -0.39 is 0 Å². The molecule has 20 heavy (non-hydrogen) atoms. The highest BCUT2D eigenvalue weighted by Gasteiger charge is 2.20. The topological polar surface area (TPSA) is 84.2 Å². The van der Waals surface area contributed by atoms with Gasteiger partial charge in [0.05, 0.1) is 0 Å². The standard InChI is InChI=1S/C13H20N6O/c1-8-6-10(19-12(16-8)14-7-15-19)17-9(2)11(20)18-13(3,4)5/h6-7,9,17H,1-5H3,(H,18,20). The first-order chi connectivity index (χ1) is 9.26. The second-order valence-corrected chi connectivity index (χ2v) is 5.86. The highest BCUT2D eigenvalue weighted by molar-refractivity contribution is 5.84. The fourth-order valence-corrected chi connectivity index (χ4v) is 1.80. The molecule has 1 atom stereocenters. The summed E-state index contributed by atoms with van der Waals surface area (Å²) in [6.07, 6.45) is 1.44. The summed E-state index contributed by atoms with van der Waals surface area (Å²) < 4.78 is 1.58. The molecule has 1 amide bonds. The second kappa shape index (κ2) is 5.07. The molecule has 1 unspecified atom stereocenters. The Hall–Kier alpha value is -2.18. The number of amides is 1. The number of rotatable bonds is 3. The maximum Gasteiger partial charge on any atom is 0.254 e. The molecular formula is C13H20N6O. The van der Waals surface area contributed by atoms with Gasteiger partial charge < -0.3 is 10.6 Å². The van der Waals surface area contributed by atoms with E-state index in [9.17, 15) is 4.79 Å². The lowest BCUT2D eigenvalue weighted by Gasteiger charge is -2.24. The van der Waals surface area contributed by atoms with Crippen molar-refractivity contribution in [1.82, 2.24) is 24.9 Å². The molecule has 2 aromatic rings. The van der Waals surface area contributed by atoms with Crippen molar-refractivity contribution in [3.63, 3.8) is 0 Å². The molecule has 0 fully saturated rings. The summed E-state index contributed by atoms with van der Waals surface area (Å²) in [5.41, 5.74) is 0.556. The maximum absolute atomic E-state index is 12.1. The van der Waals surface area contributed by atoms with Crippen LogP contribution in [0.5, 0.6) is 0 Å². The third kappa shape index (κ3) is 3.23. The third-order valence-corrected chi connectivity index (χ3v) is 2.64. The van der Waals surface area contributed by atoms with Crippen LogP contribution < -0.4 is 10.6 Å². The number of hydrogen-bond donors (Lipinski definition) is 2. The number of carbonyl (C=O) groups is 1. The predicted octanol–water partition coefficient (Wildman–Crippen LogP) is 1.15. The van der Waals surface area contributed by atoms with E-state index in [0.29, 0.717) is 11.6 Å². The lowest BCUT2D eigenvalue weighted by atomic mass is 10.1. The number of fused-ring (bicyclic) bond motifs is 1. The number of aromatic nitrogens is 4. The van der Waals surface area contributed by atoms with E-state index in [2.05, 4.69) is 25.7 Å². The van der Waals surface area contributed by atoms with Gasteiger partial charge in [0.1, 0.15) is 18.2 Å². The minimum absolute atomic E-state index is 0.0692. The van der Waals surface area contributed by atoms with Gasteiger partial charge in [-0.05, 0) is 34.6 Å². The highest BCUT2D eigenvalue weighted by Crippen LogP contribution is 2.11. The van der Waals surface area contributed by atoms with Crippen LogP contribution in [0.4, 0.5) is 5.82 Å². The highest BCUT2D eigenvalue weighted by atomic mass is 16.2. The molecule has 0 saturated heterocycles. The molecule has 108 valence electrons. The van der Waals surface area contributed by atoms with Crippen molar-refractivity contribution in [3.8, 4) is 0 Å². The van der Waals surface area contributed by atoms with Crippen molar-refractivity contribution in [2.45, 2.75) is 46.2 Å². The van der Waals surface area contributed by atoms with Crippen LogP contribution in [0, 0.1) is 6.92 Å². The number of aryl methyl sites for hydroxylation is 1. The van der Waals surface area contributed by atoms with Crippen molar-refractivity contribution in [2.24, 2.45) is 0 Å². The lowest BCUT2D eigenvalue weighted by Crippen LogP contribution is -2.47. The van der Waals surface area contributed by atoms with Gasteiger partial charge >= 0.3 is 0 Å². The minimum atomic E-state index is -0.386. The molecule has 0 aliphatic carbocycles. The molecule has 2 heterocycles. The molecule has 0 saturated carbocycles. The Labute approximate surface area is 117 Å². The van der Waals surface area contributed by atoms with Crippen LogP contribution in [0.25, 0.3) is 5.78 Å². The van der Waals surface area contributed by atoms with Crippen molar-refractivity contribution in [1.29, 1.82) is 0 Å². The zero-order valence-corrected chi connectivity index (χ0v) is 12.4. The van der Waals surface area contributed by atoms with E-state index in [1.165, 1.54) is 6.33 Å². The zero-order chi connectivity index (χ0) is 14.9. The van der Waals surface area contributed by atoms with Gasteiger partial charge in [-0.25, -0.2) is 4.98 Å². The smallest absolute Gasteiger partial charge is 0.254 e. The number of anilines is 1. The van der Waals surface area contributed by atoms with Crippen molar-refractivity contribution < 1.29 is 4.79 Å². The molecule has 7 nitrogen and oxygen atoms in total. The van der Waals surface area contributed by atoms with E-state index in [1.807, 2.05) is 33.8 Å². The molecule has 0 bridgehead atoms. The van der Waals surface area contributed by atoms with Gasteiger partial charge in [0, 0.05) is 17.3 Å². The molecule has 0 radical (unpaired) electrons. The number of hydrogen-bond acceptors (Lipinski definition) is 5. The first-order valence-corrected chi connectivity index (χ1v) is 6.52. The fourth-order valence-electron chi connectivity index (χ4n) is 1.80. The summed E-state index contributed by atoms with van der Waals surface area (Å²) in [5.74, 6) is 1.14. The Balaban J connectivity index is 2.19. The average molecular weight is 276 g/mol. The Morgan fingerprint density at radius 3 is 2.75 bits per heavy atom. The van der Waals surface area contributed by atoms with E-state index in [1.54, 1.807) is 11.4 Å². The van der Waals surface area contributed by atoms with Crippen LogP contribution in [-0.4, -0.2) is 37.1 Å². The third-order valence-electron chi connectivity index (χ3n) is 2.64. The van der Waals surface area contributed by atoms with Crippen molar-refractivity contribution >= 4 is 17.5 Å². The summed E-state index contributed by atoms with van der Waals surface area (Å²) in [5, 5.41) is 10.2. The first kappa shape index (κ1) is 14.2. The summed E-state index contributed by atoms with van der Waals surface area (Å²) in [7, 11) is 0. The van der Waals surface area contributed by atoms with E-state index in [0.717, 1.165) is 5.69 Å². The Kier molecular flexibility index (Phi) is 3.61. The van der Waals surface area contributed by atoms with E-state index in [4.69, 9.17) is 0 Å². The van der Waals surface area contributed by atoms with Crippen LogP contribution in [0.1, 0.15) is 33.4 Å². The van der Waals surface area contributed by atoms with Gasteiger partial charge in [-0.3, -0.25) is 4.79 Å². The van der Waals surface area contributed by atoms with Gasteiger partial charge in [-0.2, -0.15) is 14.6 Å². The fraction of sp³-hybridized carbons (Fsp3) is 0.538. The van der Waals surface area contributed by atoms with Gasteiger partial charge in [-0.15, -0.1) is 0 Å². The quantitative estimate of drug-likeness (QED) is 0.878. The van der Waals surface area contributed by atoms with Crippen molar-refractivity contribution in [2.75, 3.05) is 5.32 Å². The Bertz CT molecular complexity index is 627. The molecule has 2 aromatic heterocycles. The normalized spacial score (nSPS) is 13.2. The molecule has 0 spiro atoms.